The van der Waals surface area contributed by atoms with E-state index in [-0.39, 0.29) is 17.9 Å². The van der Waals surface area contributed by atoms with Gasteiger partial charge in [0, 0.05) is 12.5 Å². The van der Waals surface area contributed by atoms with Crippen molar-refractivity contribution >= 4 is 22.4 Å². The van der Waals surface area contributed by atoms with Gasteiger partial charge in [0.2, 0.25) is 11.0 Å². The second-order valence-corrected chi connectivity index (χ2v) is 5.10. The SMILES string of the molecule is CC(C)C(=O)Nc1nnc(C2CCCO2)s1. The van der Waals surface area contributed by atoms with Gasteiger partial charge < -0.3 is 10.1 Å². The van der Waals surface area contributed by atoms with Crippen molar-refractivity contribution in [2.24, 2.45) is 5.92 Å². The number of hydrogen-bond acceptors (Lipinski definition) is 5. The standard InChI is InChI=1S/C10H15N3O2S/c1-6(2)8(14)11-10-13-12-9(16-10)7-4-3-5-15-7/h6-7H,3-5H2,1-2H3,(H,11,13,14). The Morgan fingerprint density at radius 3 is 3.00 bits per heavy atom. The van der Waals surface area contributed by atoms with Gasteiger partial charge in [0.05, 0.1) is 0 Å². The largest absolute Gasteiger partial charge is 0.371 e. The van der Waals surface area contributed by atoms with Gasteiger partial charge in [0.25, 0.3) is 0 Å². The molecule has 0 bridgehead atoms. The third-order valence-electron chi connectivity index (χ3n) is 2.40. The van der Waals surface area contributed by atoms with Crippen LogP contribution in [-0.4, -0.2) is 22.7 Å². The van der Waals surface area contributed by atoms with E-state index in [2.05, 4.69) is 15.5 Å². The third kappa shape index (κ3) is 2.56. The number of hydrogen-bond donors (Lipinski definition) is 1. The number of carbonyl (C=O) groups is 1. The first-order valence-electron chi connectivity index (χ1n) is 5.42. The number of aromatic nitrogens is 2. The molecule has 88 valence electrons. The van der Waals surface area contributed by atoms with Crippen molar-refractivity contribution in [3.05, 3.63) is 5.01 Å². The summed E-state index contributed by atoms with van der Waals surface area (Å²) in [5, 5.41) is 12.1. The van der Waals surface area contributed by atoms with Crippen LogP contribution in [0.15, 0.2) is 0 Å². The lowest BCUT2D eigenvalue weighted by molar-refractivity contribution is -0.118. The summed E-state index contributed by atoms with van der Waals surface area (Å²) >= 11 is 1.40. The fourth-order valence-electron chi connectivity index (χ4n) is 1.44. The second kappa shape index (κ2) is 4.88. The van der Waals surface area contributed by atoms with Crippen molar-refractivity contribution in [3.63, 3.8) is 0 Å². The highest BCUT2D eigenvalue weighted by Gasteiger charge is 2.22. The van der Waals surface area contributed by atoms with Gasteiger partial charge in [-0.15, -0.1) is 10.2 Å². The third-order valence-corrected chi connectivity index (χ3v) is 3.33. The molecule has 2 rings (SSSR count). The zero-order valence-corrected chi connectivity index (χ0v) is 10.2. The molecule has 1 aliphatic rings. The van der Waals surface area contributed by atoms with Crippen molar-refractivity contribution in [2.45, 2.75) is 32.8 Å². The number of nitrogens with zero attached hydrogens (tertiary/aromatic N) is 2. The highest BCUT2D eigenvalue weighted by molar-refractivity contribution is 7.15. The lowest BCUT2D eigenvalue weighted by Crippen LogP contribution is -2.17. The van der Waals surface area contributed by atoms with Crippen LogP contribution in [0.5, 0.6) is 0 Å². The number of rotatable bonds is 3. The van der Waals surface area contributed by atoms with E-state index in [9.17, 15) is 4.79 Å². The Labute approximate surface area is 98.2 Å². The lowest BCUT2D eigenvalue weighted by Gasteiger charge is -2.03. The Hall–Kier alpha value is -1.01. The highest BCUT2D eigenvalue weighted by Crippen LogP contribution is 2.31. The Balaban J connectivity index is 1.99. The number of carbonyl (C=O) groups excluding carboxylic acids is 1. The van der Waals surface area contributed by atoms with Crippen LogP contribution in [0.25, 0.3) is 0 Å². The predicted molar refractivity (Wildman–Crippen MR) is 61.3 cm³/mol. The van der Waals surface area contributed by atoms with Gasteiger partial charge in [0.15, 0.2) is 0 Å². The summed E-state index contributed by atoms with van der Waals surface area (Å²) in [6, 6.07) is 0. The maximum atomic E-state index is 11.4. The minimum atomic E-state index is -0.0462. The van der Waals surface area contributed by atoms with Crippen LogP contribution in [0, 0.1) is 5.92 Å². The van der Waals surface area contributed by atoms with Crippen LogP contribution in [0.4, 0.5) is 5.13 Å². The van der Waals surface area contributed by atoms with Gasteiger partial charge in [-0.1, -0.05) is 25.2 Å². The van der Waals surface area contributed by atoms with E-state index in [0.717, 1.165) is 24.5 Å². The smallest absolute Gasteiger partial charge is 0.228 e. The van der Waals surface area contributed by atoms with E-state index in [0.29, 0.717) is 5.13 Å². The monoisotopic (exact) mass is 241 g/mol. The minimum Gasteiger partial charge on any atom is -0.371 e. The Morgan fingerprint density at radius 2 is 2.38 bits per heavy atom. The normalized spacial score (nSPS) is 20.3. The molecule has 1 saturated heterocycles. The van der Waals surface area contributed by atoms with Crippen molar-refractivity contribution in [3.8, 4) is 0 Å². The topological polar surface area (TPSA) is 64.1 Å². The first-order valence-corrected chi connectivity index (χ1v) is 6.24. The highest BCUT2D eigenvalue weighted by atomic mass is 32.1. The molecule has 2 heterocycles. The first kappa shape index (κ1) is 11.5. The molecule has 1 aliphatic heterocycles. The Kier molecular flexibility index (Phi) is 3.50. The van der Waals surface area contributed by atoms with Crippen molar-refractivity contribution < 1.29 is 9.53 Å². The second-order valence-electron chi connectivity index (χ2n) is 4.09. The van der Waals surface area contributed by atoms with E-state index in [4.69, 9.17) is 4.74 Å². The van der Waals surface area contributed by atoms with E-state index < -0.39 is 0 Å². The van der Waals surface area contributed by atoms with Crippen LogP contribution in [-0.2, 0) is 9.53 Å². The molecule has 1 unspecified atom stereocenters. The Morgan fingerprint density at radius 1 is 1.56 bits per heavy atom. The van der Waals surface area contributed by atoms with Gasteiger partial charge in [-0.25, -0.2) is 0 Å². The summed E-state index contributed by atoms with van der Waals surface area (Å²) in [5.41, 5.74) is 0. The van der Waals surface area contributed by atoms with Crippen LogP contribution in [0.1, 0.15) is 37.8 Å². The first-order chi connectivity index (χ1) is 7.66. The maximum absolute atomic E-state index is 11.4. The number of amides is 1. The average Bonchev–Trinajstić information content (AvgIpc) is 2.85. The molecular weight excluding hydrogens is 226 g/mol. The molecule has 1 N–H and O–H groups in total. The molecule has 0 aromatic carbocycles. The average molecular weight is 241 g/mol. The summed E-state index contributed by atoms with van der Waals surface area (Å²) in [6.45, 7) is 4.48. The van der Waals surface area contributed by atoms with Gasteiger partial charge in [-0.3, -0.25) is 4.79 Å². The molecule has 1 atom stereocenters. The molecule has 16 heavy (non-hydrogen) atoms. The van der Waals surface area contributed by atoms with Crippen LogP contribution >= 0.6 is 11.3 Å². The molecule has 0 radical (unpaired) electrons. The molecule has 1 amide bonds. The predicted octanol–water partition coefficient (Wildman–Crippen LogP) is 1.98. The summed E-state index contributed by atoms with van der Waals surface area (Å²) in [5.74, 6) is -0.0786. The molecule has 5 nitrogen and oxygen atoms in total. The summed E-state index contributed by atoms with van der Waals surface area (Å²) in [6.07, 6.45) is 2.13. The maximum Gasteiger partial charge on any atom is 0.228 e. The van der Waals surface area contributed by atoms with E-state index in [1.165, 1.54) is 11.3 Å². The van der Waals surface area contributed by atoms with E-state index in [1.807, 2.05) is 13.8 Å². The van der Waals surface area contributed by atoms with Gasteiger partial charge in [-0.05, 0) is 12.8 Å². The molecule has 0 aliphatic carbocycles. The van der Waals surface area contributed by atoms with Gasteiger partial charge in [-0.2, -0.15) is 0 Å². The van der Waals surface area contributed by atoms with Gasteiger partial charge in [0.1, 0.15) is 11.1 Å². The van der Waals surface area contributed by atoms with Crippen molar-refractivity contribution in [1.82, 2.24) is 10.2 Å². The number of ether oxygens (including phenoxy) is 1. The number of nitrogens with one attached hydrogen (secondary N) is 1. The number of anilines is 1. The molecule has 1 fully saturated rings. The zero-order valence-electron chi connectivity index (χ0n) is 9.40. The molecular formula is C10H15N3O2S. The summed E-state index contributed by atoms with van der Waals surface area (Å²) in [4.78, 5) is 11.4. The summed E-state index contributed by atoms with van der Waals surface area (Å²) < 4.78 is 5.50. The van der Waals surface area contributed by atoms with Crippen molar-refractivity contribution in [1.29, 1.82) is 0 Å². The molecule has 0 spiro atoms. The van der Waals surface area contributed by atoms with Crippen LogP contribution < -0.4 is 5.32 Å². The molecule has 6 heteroatoms. The fourth-order valence-corrected chi connectivity index (χ4v) is 2.27. The summed E-state index contributed by atoms with van der Waals surface area (Å²) in [7, 11) is 0. The Bertz CT molecular complexity index is 372. The van der Waals surface area contributed by atoms with Crippen LogP contribution in [0.2, 0.25) is 0 Å². The minimum absolute atomic E-state index is 0.0324. The lowest BCUT2D eigenvalue weighted by atomic mass is 10.2. The molecule has 1 aromatic heterocycles. The fraction of sp³-hybridized carbons (Fsp3) is 0.700. The van der Waals surface area contributed by atoms with E-state index in [1.54, 1.807) is 0 Å². The van der Waals surface area contributed by atoms with E-state index >= 15 is 0 Å². The molecule has 0 saturated carbocycles. The quantitative estimate of drug-likeness (QED) is 0.879. The zero-order chi connectivity index (χ0) is 11.5. The van der Waals surface area contributed by atoms with Crippen LogP contribution in [0.3, 0.4) is 0 Å². The molecule has 1 aromatic rings. The van der Waals surface area contributed by atoms with Crippen molar-refractivity contribution in [2.75, 3.05) is 11.9 Å². The van der Waals surface area contributed by atoms with Gasteiger partial charge >= 0.3 is 0 Å².